The van der Waals surface area contributed by atoms with E-state index in [-0.39, 0.29) is 9.77 Å². The Labute approximate surface area is 130 Å². The molecule has 112 valence electrons. The Kier molecular flexibility index (Phi) is 4.52. The minimum atomic E-state index is -3.82. The van der Waals surface area contributed by atoms with Crippen LogP contribution in [0.1, 0.15) is 10.4 Å². The molecule has 0 aliphatic rings. The van der Waals surface area contributed by atoms with Gasteiger partial charge in [0.1, 0.15) is 9.96 Å². The quantitative estimate of drug-likeness (QED) is 0.887. The predicted octanol–water partition coefficient (Wildman–Crippen LogP) is 2.31. The maximum atomic E-state index is 12.1. The summed E-state index contributed by atoms with van der Waals surface area (Å²) in [5.41, 5.74) is 0.574. The van der Waals surface area contributed by atoms with Crippen LogP contribution < -0.4 is 15.2 Å². The van der Waals surface area contributed by atoms with Crippen LogP contribution in [0.4, 0.5) is 5.69 Å². The number of sulfonamides is 1. The number of primary sulfonamides is 1. The van der Waals surface area contributed by atoms with Crippen molar-refractivity contribution < 1.29 is 17.9 Å². The second-order valence-corrected chi connectivity index (χ2v) is 7.13. The molecule has 0 spiro atoms. The molecule has 1 aromatic heterocycles. The average Bonchev–Trinajstić information content (AvgIpc) is 2.88. The number of benzene rings is 1. The van der Waals surface area contributed by atoms with Crippen molar-refractivity contribution in [1.82, 2.24) is 0 Å². The van der Waals surface area contributed by atoms with Crippen molar-refractivity contribution in [3.8, 4) is 5.75 Å². The molecule has 1 amide bonds. The van der Waals surface area contributed by atoms with Gasteiger partial charge < -0.3 is 10.1 Å². The Morgan fingerprint density at radius 3 is 2.67 bits per heavy atom. The third-order valence-electron chi connectivity index (χ3n) is 2.53. The van der Waals surface area contributed by atoms with E-state index in [0.717, 1.165) is 11.3 Å². The van der Waals surface area contributed by atoms with E-state index in [2.05, 4.69) is 5.32 Å². The minimum absolute atomic E-state index is 0.0780. The number of halogens is 1. The largest absolute Gasteiger partial charge is 0.495 e. The van der Waals surface area contributed by atoms with E-state index >= 15 is 0 Å². The summed E-state index contributed by atoms with van der Waals surface area (Å²) < 4.78 is 27.4. The lowest BCUT2D eigenvalue weighted by atomic mass is 10.2. The molecule has 9 heteroatoms. The van der Waals surface area contributed by atoms with Crippen molar-refractivity contribution in [3.05, 3.63) is 40.2 Å². The summed E-state index contributed by atoms with van der Waals surface area (Å²) in [5, 5.41) is 9.45. The number of anilines is 1. The highest BCUT2D eigenvalue weighted by molar-refractivity contribution is 7.91. The number of amides is 1. The van der Waals surface area contributed by atoms with Crippen LogP contribution in [0, 0.1) is 0 Å². The van der Waals surface area contributed by atoms with Gasteiger partial charge in [0.15, 0.2) is 0 Å². The van der Waals surface area contributed by atoms with Crippen molar-refractivity contribution in [3.63, 3.8) is 0 Å². The third kappa shape index (κ3) is 3.73. The van der Waals surface area contributed by atoms with Crippen molar-refractivity contribution in [1.29, 1.82) is 0 Å². The summed E-state index contributed by atoms with van der Waals surface area (Å²) in [6, 6.07) is 5.98. The van der Waals surface area contributed by atoms with E-state index in [1.807, 2.05) is 0 Å². The van der Waals surface area contributed by atoms with Gasteiger partial charge in [-0.3, -0.25) is 4.79 Å². The first kappa shape index (κ1) is 15.8. The standard InChI is InChI=1S/C12H11ClN2O4S2/c1-19-10-3-2-8(13)5-9(10)15-12(16)7-4-11(20-6-7)21(14,17)18/h2-6H,1H3,(H,15,16)(H2,14,17,18). The maximum Gasteiger partial charge on any atom is 0.256 e. The molecule has 2 rings (SSSR count). The summed E-state index contributed by atoms with van der Waals surface area (Å²) >= 11 is 6.74. The topological polar surface area (TPSA) is 98.5 Å². The molecule has 0 fully saturated rings. The molecule has 1 heterocycles. The fourth-order valence-electron chi connectivity index (χ4n) is 1.56. The summed E-state index contributed by atoms with van der Waals surface area (Å²) in [6.45, 7) is 0. The Hall–Kier alpha value is -1.61. The average molecular weight is 347 g/mol. The van der Waals surface area contributed by atoms with Crippen LogP contribution >= 0.6 is 22.9 Å². The van der Waals surface area contributed by atoms with Gasteiger partial charge in [-0.05, 0) is 24.3 Å². The second kappa shape index (κ2) is 6.02. The second-order valence-electron chi connectivity index (χ2n) is 4.00. The van der Waals surface area contributed by atoms with Crippen LogP contribution in [0.2, 0.25) is 5.02 Å². The zero-order valence-corrected chi connectivity index (χ0v) is 13.2. The van der Waals surface area contributed by atoms with Crippen LogP contribution in [-0.2, 0) is 10.0 Å². The fourth-order valence-corrected chi connectivity index (χ4v) is 3.31. The molecular weight excluding hydrogens is 336 g/mol. The van der Waals surface area contributed by atoms with Gasteiger partial charge in [0.2, 0.25) is 10.0 Å². The zero-order chi connectivity index (χ0) is 15.6. The number of nitrogens with two attached hydrogens (primary N) is 1. The molecule has 6 nitrogen and oxygen atoms in total. The van der Waals surface area contributed by atoms with E-state index in [1.165, 1.54) is 24.6 Å². The highest BCUT2D eigenvalue weighted by Crippen LogP contribution is 2.28. The minimum Gasteiger partial charge on any atom is -0.495 e. The van der Waals surface area contributed by atoms with E-state index < -0.39 is 15.9 Å². The first-order chi connectivity index (χ1) is 9.81. The smallest absolute Gasteiger partial charge is 0.256 e. The lowest BCUT2D eigenvalue weighted by molar-refractivity contribution is 0.102. The lowest BCUT2D eigenvalue weighted by Gasteiger charge is -2.09. The molecule has 0 atom stereocenters. The van der Waals surface area contributed by atoms with Crippen molar-refractivity contribution >= 4 is 44.6 Å². The number of carbonyl (C=O) groups is 1. The highest BCUT2D eigenvalue weighted by Gasteiger charge is 2.16. The molecule has 0 bridgehead atoms. The van der Waals surface area contributed by atoms with Gasteiger partial charge in [-0.2, -0.15) is 0 Å². The summed E-state index contributed by atoms with van der Waals surface area (Å²) in [7, 11) is -2.35. The Morgan fingerprint density at radius 2 is 2.10 bits per heavy atom. The Balaban J connectivity index is 2.26. The SMILES string of the molecule is COc1ccc(Cl)cc1NC(=O)c1csc(S(N)(=O)=O)c1. The van der Waals surface area contributed by atoms with Crippen molar-refractivity contribution in [2.24, 2.45) is 5.14 Å². The Bertz CT molecular complexity index is 786. The number of rotatable bonds is 4. The van der Waals surface area contributed by atoms with E-state index in [0.29, 0.717) is 16.5 Å². The van der Waals surface area contributed by atoms with E-state index in [4.69, 9.17) is 21.5 Å². The fraction of sp³-hybridized carbons (Fsp3) is 0.0833. The molecule has 0 aliphatic carbocycles. The van der Waals surface area contributed by atoms with Crippen molar-refractivity contribution in [2.45, 2.75) is 4.21 Å². The van der Waals surface area contributed by atoms with Gasteiger partial charge in [0, 0.05) is 10.4 Å². The normalized spacial score (nSPS) is 11.2. The van der Waals surface area contributed by atoms with Gasteiger partial charge in [-0.15, -0.1) is 11.3 Å². The molecule has 0 saturated carbocycles. The first-order valence-corrected chi connectivity index (χ1v) is 8.38. The Morgan fingerprint density at radius 1 is 1.38 bits per heavy atom. The third-order valence-corrected chi connectivity index (χ3v) is 5.15. The maximum absolute atomic E-state index is 12.1. The van der Waals surface area contributed by atoms with Crippen LogP contribution in [0.3, 0.4) is 0 Å². The van der Waals surface area contributed by atoms with Crippen molar-refractivity contribution in [2.75, 3.05) is 12.4 Å². The summed E-state index contributed by atoms with van der Waals surface area (Å²) in [4.78, 5) is 12.1. The number of carbonyl (C=O) groups excluding carboxylic acids is 1. The molecule has 2 aromatic rings. The monoisotopic (exact) mass is 346 g/mol. The van der Waals surface area contributed by atoms with Gasteiger partial charge in [-0.1, -0.05) is 11.6 Å². The molecule has 3 N–H and O–H groups in total. The van der Waals surface area contributed by atoms with Crippen LogP contribution in [0.5, 0.6) is 5.75 Å². The van der Waals surface area contributed by atoms with E-state index in [9.17, 15) is 13.2 Å². The molecule has 21 heavy (non-hydrogen) atoms. The highest BCUT2D eigenvalue weighted by atomic mass is 35.5. The molecular formula is C12H11ClN2O4S2. The van der Waals surface area contributed by atoms with Crippen LogP contribution in [0.15, 0.2) is 33.9 Å². The molecule has 0 radical (unpaired) electrons. The lowest BCUT2D eigenvalue weighted by Crippen LogP contribution is -2.13. The molecule has 0 aliphatic heterocycles. The molecule has 0 saturated heterocycles. The van der Waals surface area contributed by atoms with Gasteiger partial charge in [-0.25, -0.2) is 13.6 Å². The van der Waals surface area contributed by atoms with Gasteiger partial charge in [0.25, 0.3) is 5.91 Å². The van der Waals surface area contributed by atoms with Crippen LogP contribution in [-0.4, -0.2) is 21.4 Å². The number of ether oxygens (including phenoxy) is 1. The van der Waals surface area contributed by atoms with E-state index in [1.54, 1.807) is 12.1 Å². The van der Waals surface area contributed by atoms with Gasteiger partial charge >= 0.3 is 0 Å². The predicted molar refractivity (Wildman–Crippen MR) is 81.6 cm³/mol. The zero-order valence-electron chi connectivity index (χ0n) is 10.8. The first-order valence-electron chi connectivity index (χ1n) is 5.57. The molecule has 1 aromatic carbocycles. The number of hydrogen-bond acceptors (Lipinski definition) is 5. The number of hydrogen-bond donors (Lipinski definition) is 2. The number of nitrogens with one attached hydrogen (secondary N) is 1. The number of thiophene rings is 1. The summed E-state index contributed by atoms with van der Waals surface area (Å²) in [6.07, 6.45) is 0. The molecule has 0 unspecified atom stereocenters. The number of methoxy groups -OCH3 is 1. The van der Waals surface area contributed by atoms with Crippen LogP contribution in [0.25, 0.3) is 0 Å². The summed E-state index contributed by atoms with van der Waals surface area (Å²) in [5.74, 6) is -0.0450. The van der Waals surface area contributed by atoms with Gasteiger partial charge in [0.05, 0.1) is 18.4 Å².